The fourth-order valence-electron chi connectivity index (χ4n) is 2.74. The van der Waals surface area contributed by atoms with Gasteiger partial charge in [0.25, 0.3) is 0 Å². The van der Waals surface area contributed by atoms with Gasteiger partial charge in [0.1, 0.15) is 0 Å². The van der Waals surface area contributed by atoms with E-state index in [1.807, 2.05) is 6.07 Å². The summed E-state index contributed by atoms with van der Waals surface area (Å²) in [6, 6.07) is 10.4. The summed E-state index contributed by atoms with van der Waals surface area (Å²) in [6.07, 6.45) is 4.12. The number of hydrogen-bond acceptors (Lipinski definition) is 3. The first-order valence-corrected chi connectivity index (χ1v) is 9.44. The van der Waals surface area contributed by atoms with Crippen molar-refractivity contribution in [3.05, 3.63) is 35.9 Å². The summed E-state index contributed by atoms with van der Waals surface area (Å²) in [4.78, 5) is 13.9. The lowest BCUT2D eigenvalue weighted by Gasteiger charge is -2.33. The SMILES string of the molecule is CN(CC(=O)N1CCC(Cc2ccccc2)CC1)S(C)(=O)=O. The lowest BCUT2D eigenvalue weighted by atomic mass is 9.90. The molecule has 0 radical (unpaired) electrons. The molecule has 0 unspecified atom stereocenters. The van der Waals surface area contributed by atoms with Gasteiger partial charge in [-0.05, 0) is 30.7 Å². The van der Waals surface area contributed by atoms with E-state index in [4.69, 9.17) is 0 Å². The summed E-state index contributed by atoms with van der Waals surface area (Å²) < 4.78 is 23.8. The Morgan fingerprint density at radius 3 is 2.36 bits per heavy atom. The highest BCUT2D eigenvalue weighted by Gasteiger charge is 2.25. The van der Waals surface area contributed by atoms with E-state index >= 15 is 0 Å². The second-order valence-electron chi connectivity index (χ2n) is 6.03. The molecular formula is C16H24N2O3S. The van der Waals surface area contributed by atoms with Crippen molar-refractivity contribution in [2.75, 3.05) is 32.9 Å². The van der Waals surface area contributed by atoms with Crippen LogP contribution in [-0.2, 0) is 21.2 Å². The highest BCUT2D eigenvalue weighted by atomic mass is 32.2. The molecule has 0 atom stereocenters. The van der Waals surface area contributed by atoms with Crippen molar-refractivity contribution in [2.24, 2.45) is 5.92 Å². The molecule has 1 amide bonds. The monoisotopic (exact) mass is 324 g/mol. The van der Waals surface area contributed by atoms with Crippen LogP contribution in [0.1, 0.15) is 18.4 Å². The Bertz CT molecular complexity index is 593. The molecule has 1 saturated heterocycles. The largest absolute Gasteiger partial charge is 0.342 e. The molecule has 1 fully saturated rings. The quantitative estimate of drug-likeness (QED) is 0.822. The Morgan fingerprint density at radius 2 is 1.82 bits per heavy atom. The van der Waals surface area contributed by atoms with Gasteiger partial charge in [-0.15, -0.1) is 0 Å². The highest BCUT2D eigenvalue weighted by molar-refractivity contribution is 7.88. The van der Waals surface area contributed by atoms with E-state index in [-0.39, 0.29) is 12.5 Å². The number of likely N-dealkylation sites (tertiary alicyclic amines) is 1. The second kappa shape index (κ2) is 7.24. The normalized spacial score (nSPS) is 17.0. The fraction of sp³-hybridized carbons (Fsp3) is 0.562. The van der Waals surface area contributed by atoms with E-state index in [1.54, 1.807) is 4.90 Å². The Balaban J connectivity index is 1.80. The number of piperidine rings is 1. The second-order valence-corrected chi connectivity index (χ2v) is 8.12. The topological polar surface area (TPSA) is 57.7 Å². The van der Waals surface area contributed by atoms with Gasteiger partial charge in [-0.2, -0.15) is 4.31 Å². The third kappa shape index (κ3) is 4.81. The van der Waals surface area contributed by atoms with Crippen LogP contribution in [0.3, 0.4) is 0 Å². The molecule has 1 aliphatic rings. The number of rotatable bonds is 5. The molecular weight excluding hydrogens is 300 g/mol. The van der Waals surface area contributed by atoms with E-state index in [0.717, 1.165) is 29.8 Å². The van der Waals surface area contributed by atoms with E-state index in [2.05, 4.69) is 24.3 Å². The van der Waals surface area contributed by atoms with E-state index in [9.17, 15) is 13.2 Å². The maximum Gasteiger partial charge on any atom is 0.237 e. The van der Waals surface area contributed by atoms with Crippen LogP contribution in [0.15, 0.2) is 30.3 Å². The first-order chi connectivity index (χ1) is 10.4. The number of carbonyl (C=O) groups is 1. The number of sulfonamides is 1. The van der Waals surface area contributed by atoms with Crippen molar-refractivity contribution < 1.29 is 13.2 Å². The predicted octanol–water partition coefficient (Wildman–Crippen LogP) is 1.36. The van der Waals surface area contributed by atoms with Gasteiger partial charge in [-0.25, -0.2) is 8.42 Å². The molecule has 0 aromatic heterocycles. The first kappa shape index (κ1) is 17.0. The zero-order chi connectivity index (χ0) is 16.2. The minimum Gasteiger partial charge on any atom is -0.342 e. The van der Waals surface area contributed by atoms with Crippen molar-refractivity contribution in [2.45, 2.75) is 19.3 Å². The van der Waals surface area contributed by atoms with Crippen molar-refractivity contribution in [3.8, 4) is 0 Å². The highest BCUT2D eigenvalue weighted by Crippen LogP contribution is 2.21. The third-order valence-corrected chi connectivity index (χ3v) is 5.52. The summed E-state index contributed by atoms with van der Waals surface area (Å²) in [5.41, 5.74) is 1.34. The molecule has 1 aromatic rings. The van der Waals surface area contributed by atoms with Gasteiger partial charge in [0, 0.05) is 20.1 Å². The Kier molecular flexibility index (Phi) is 5.58. The third-order valence-electron chi connectivity index (χ3n) is 4.26. The number of carbonyl (C=O) groups excluding carboxylic acids is 1. The standard InChI is InChI=1S/C16H24N2O3S/c1-17(22(2,20)21)13-16(19)18-10-8-15(9-11-18)12-14-6-4-3-5-7-14/h3-7,15H,8-13H2,1-2H3. The lowest BCUT2D eigenvalue weighted by molar-refractivity contribution is -0.132. The summed E-state index contributed by atoms with van der Waals surface area (Å²) in [5.74, 6) is 0.491. The Hall–Kier alpha value is -1.40. The van der Waals surface area contributed by atoms with Gasteiger partial charge in [0.2, 0.25) is 15.9 Å². The molecule has 22 heavy (non-hydrogen) atoms. The average Bonchev–Trinajstić information content (AvgIpc) is 2.48. The summed E-state index contributed by atoms with van der Waals surface area (Å²) in [6.45, 7) is 1.37. The molecule has 1 heterocycles. The first-order valence-electron chi connectivity index (χ1n) is 7.59. The smallest absolute Gasteiger partial charge is 0.237 e. The minimum atomic E-state index is -3.30. The van der Waals surface area contributed by atoms with Crippen LogP contribution in [0.4, 0.5) is 0 Å². The van der Waals surface area contributed by atoms with Crippen molar-refractivity contribution >= 4 is 15.9 Å². The molecule has 1 aliphatic heterocycles. The van der Waals surface area contributed by atoms with Crippen molar-refractivity contribution in [1.82, 2.24) is 9.21 Å². The van der Waals surface area contributed by atoms with E-state index in [0.29, 0.717) is 19.0 Å². The lowest BCUT2D eigenvalue weighted by Crippen LogP contribution is -2.44. The van der Waals surface area contributed by atoms with Crippen LogP contribution in [0, 0.1) is 5.92 Å². The van der Waals surface area contributed by atoms with Crippen LogP contribution < -0.4 is 0 Å². The van der Waals surface area contributed by atoms with Gasteiger partial charge >= 0.3 is 0 Å². The Labute approximate surface area is 133 Å². The molecule has 0 saturated carbocycles. The van der Waals surface area contributed by atoms with Crippen LogP contribution in [0.25, 0.3) is 0 Å². The molecule has 6 heteroatoms. The number of likely N-dealkylation sites (N-methyl/N-ethyl adjacent to an activating group) is 1. The summed E-state index contributed by atoms with van der Waals surface area (Å²) >= 11 is 0. The number of benzene rings is 1. The van der Waals surface area contributed by atoms with Gasteiger partial charge in [-0.3, -0.25) is 4.79 Å². The van der Waals surface area contributed by atoms with Gasteiger partial charge < -0.3 is 4.90 Å². The van der Waals surface area contributed by atoms with Crippen molar-refractivity contribution in [1.29, 1.82) is 0 Å². The van der Waals surface area contributed by atoms with E-state index < -0.39 is 10.0 Å². The Morgan fingerprint density at radius 1 is 1.23 bits per heavy atom. The van der Waals surface area contributed by atoms with Crippen molar-refractivity contribution in [3.63, 3.8) is 0 Å². The maximum absolute atomic E-state index is 12.1. The van der Waals surface area contributed by atoms with Crippen LogP contribution in [0.2, 0.25) is 0 Å². The molecule has 2 rings (SSSR count). The van der Waals surface area contributed by atoms with Crippen LogP contribution in [0.5, 0.6) is 0 Å². The number of hydrogen-bond donors (Lipinski definition) is 0. The van der Waals surface area contributed by atoms with Crippen LogP contribution >= 0.6 is 0 Å². The van der Waals surface area contributed by atoms with Crippen LogP contribution in [-0.4, -0.2) is 56.5 Å². The molecule has 0 bridgehead atoms. The van der Waals surface area contributed by atoms with Gasteiger partial charge in [0.15, 0.2) is 0 Å². The summed E-state index contributed by atoms with van der Waals surface area (Å²) in [7, 11) is -1.86. The van der Waals surface area contributed by atoms with Gasteiger partial charge in [0.05, 0.1) is 12.8 Å². The fourth-order valence-corrected chi connectivity index (χ4v) is 3.09. The molecule has 1 aromatic carbocycles. The minimum absolute atomic E-state index is 0.0673. The summed E-state index contributed by atoms with van der Waals surface area (Å²) in [5, 5.41) is 0. The average molecular weight is 324 g/mol. The number of amides is 1. The molecule has 0 N–H and O–H groups in total. The zero-order valence-electron chi connectivity index (χ0n) is 13.2. The zero-order valence-corrected chi connectivity index (χ0v) is 14.1. The molecule has 0 aliphatic carbocycles. The molecule has 5 nitrogen and oxygen atoms in total. The molecule has 122 valence electrons. The van der Waals surface area contributed by atoms with E-state index in [1.165, 1.54) is 12.6 Å². The molecule has 0 spiro atoms. The predicted molar refractivity (Wildman–Crippen MR) is 86.9 cm³/mol. The van der Waals surface area contributed by atoms with Gasteiger partial charge in [-0.1, -0.05) is 30.3 Å². The maximum atomic E-state index is 12.1. The number of nitrogens with zero attached hydrogens (tertiary/aromatic N) is 2.